The first-order chi connectivity index (χ1) is 4.38. The molecule has 0 bridgehead atoms. The van der Waals surface area contributed by atoms with Gasteiger partial charge in [-0.2, -0.15) is 0 Å². The van der Waals surface area contributed by atoms with Crippen LogP contribution in [0.1, 0.15) is 12.8 Å². The Hall–Kier alpha value is 0.0500. The molecule has 0 amide bonds. The van der Waals surface area contributed by atoms with E-state index >= 15 is 0 Å². The molecule has 2 aliphatic rings. The summed E-state index contributed by atoms with van der Waals surface area (Å²) < 4.78 is 0. The lowest BCUT2D eigenvalue weighted by Gasteiger charge is -1.96. The van der Waals surface area contributed by atoms with Gasteiger partial charge < -0.3 is 0 Å². The molecule has 1 unspecified atom stereocenters. The van der Waals surface area contributed by atoms with E-state index in [9.17, 15) is 0 Å². The van der Waals surface area contributed by atoms with Crippen LogP contribution in [0.2, 0.25) is 0 Å². The molecule has 1 fully saturated rings. The first-order valence-corrected chi connectivity index (χ1v) is 5.38. The van der Waals surface area contributed by atoms with Crippen molar-refractivity contribution < 1.29 is 0 Å². The van der Waals surface area contributed by atoms with Crippen molar-refractivity contribution >= 4 is 20.6 Å². The summed E-state index contributed by atoms with van der Waals surface area (Å²) in [5.74, 6) is 0.876. The lowest BCUT2D eigenvalue weighted by Crippen LogP contribution is -1.85. The van der Waals surface area contributed by atoms with Gasteiger partial charge in [-0.3, -0.25) is 0 Å². The van der Waals surface area contributed by atoms with Crippen LogP contribution in [0.25, 0.3) is 0 Å². The molecule has 1 atom stereocenters. The quantitative estimate of drug-likeness (QED) is 0.558. The number of allylic oxidation sites excluding steroid dienone is 3. The van der Waals surface area contributed by atoms with Gasteiger partial charge in [-0.15, -0.1) is 0 Å². The van der Waals surface area contributed by atoms with E-state index in [0.29, 0.717) is 0 Å². The van der Waals surface area contributed by atoms with E-state index in [0.717, 1.165) is 5.92 Å². The fourth-order valence-corrected chi connectivity index (χ4v) is 2.94. The van der Waals surface area contributed by atoms with Crippen molar-refractivity contribution in [3.8, 4) is 0 Å². The molecule has 0 spiro atoms. The number of hydrogen-bond donors (Lipinski definition) is 0. The van der Waals surface area contributed by atoms with E-state index < -0.39 is 0 Å². The lowest BCUT2D eigenvalue weighted by molar-refractivity contribution is 1.10. The van der Waals surface area contributed by atoms with E-state index in [4.69, 9.17) is 11.2 Å². The second-order valence-electron chi connectivity index (χ2n) is 2.47. The molecule has 0 saturated heterocycles. The number of hydrogen-bond acceptors (Lipinski definition) is 1. The largest absolute Gasteiger partial charge is 0.0698 e. The Bertz CT molecular complexity index is 209. The van der Waals surface area contributed by atoms with Crippen LogP contribution < -0.4 is 0 Å². The van der Waals surface area contributed by atoms with Crippen LogP contribution in [-0.4, -0.2) is 0 Å². The highest BCUT2D eigenvalue weighted by Gasteiger charge is 2.27. The van der Waals surface area contributed by atoms with Gasteiger partial charge in [0.1, 0.15) is 0 Å². The smallest absolute Gasteiger partial charge is 0.00343 e. The second kappa shape index (κ2) is 2.03. The maximum atomic E-state index is 5.21. The average molecular weight is 156 g/mol. The summed E-state index contributed by atoms with van der Waals surface area (Å²) in [6.45, 7) is 0. The van der Waals surface area contributed by atoms with Gasteiger partial charge in [-0.25, -0.2) is 0 Å². The van der Waals surface area contributed by atoms with Gasteiger partial charge in [0, 0.05) is 0 Å². The molecule has 2 rings (SSSR count). The van der Waals surface area contributed by atoms with E-state index in [1.165, 1.54) is 17.7 Å². The van der Waals surface area contributed by atoms with Crippen molar-refractivity contribution in [1.82, 2.24) is 0 Å². The minimum Gasteiger partial charge on any atom is -0.0698 e. The molecule has 1 aliphatic carbocycles. The van der Waals surface area contributed by atoms with Crippen LogP contribution in [0.15, 0.2) is 22.5 Å². The zero-order valence-corrected chi connectivity index (χ0v) is 6.67. The molecule has 1 heterocycles. The van der Waals surface area contributed by atoms with Crippen molar-refractivity contribution in [3.05, 3.63) is 22.5 Å². The standard InChI is InChI=1S/C7H8S2/c8-9-5-1-2-7(9)6-3-4-6/h1-2,5-6H,3-4H2. The van der Waals surface area contributed by atoms with Crippen molar-refractivity contribution in [2.24, 2.45) is 5.92 Å². The molecule has 0 aromatic rings. The minimum absolute atomic E-state index is 0.0856. The number of rotatable bonds is 1. The molecule has 48 valence electrons. The Morgan fingerprint density at radius 1 is 1.56 bits per heavy atom. The topological polar surface area (TPSA) is 0 Å². The summed E-state index contributed by atoms with van der Waals surface area (Å²) in [5, 5.41) is 2.13. The minimum atomic E-state index is 0.0856. The Morgan fingerprint density at radius 3 is 2.78 bits per heavy atom. The predicted molar refractivity (Wildman–Crippen MR) is 44.7 cm³/mol. The Kier molecular flexibility index (Phi) is 1.31. The van der Waals surface area contributed by atoms with Crippen molar-refractivity contribution in [3.63, 3.8) is 0 Å². The molecule has 2 heteroatoms. The summed E-state index contributed by atoms with van der Waals surface area (Å²) in [7, 11) is 0.0856. The third kappa shape index (κ3) is 1.01. The van der Waals surface area contributed by atoms with Gasteiger partial charge in [0.15, 0.2) is 0 Å². The van der Waals surface area contributed by atoms with Gasteiger partial charge in [0.05, 0.1) is 0 Å². The molecule has 0 N–H and O–H groups in total. The molecule has 0 radical (unpaired) electrons. The fourth-order valence-electron chi connectivity index (χ4n) is 1.02. The summed E-state index contributed by atoms with van der Waals surface area (Å²) >= 11 is 5.21. The maximum absolute atomic E-state index is 5.21. The maximum Gasteiger partial charge on any atom is -0.00343 e. The van der Waals surface area contributed by atoms with Crippen molar-refractivity contribution in [2.75, 3.05) is 0 Å². The predicted octanol–water partition coefficient (Wildman–Crippen LogP) is 1.89. The second-order valence-corrected chi connectivity index (χ2v) is 4.88. The monoisotopic (exact) mass is 156 g/mol. The molecule has 9 heavy (non-hydrogen) atoms. The highest BCUT2D eigenvalue weighted by Crippen LogP contribution is 2.39. The normalized spacial score (nSPS) is 32.9. The summed E-state index contributed by atoms with van der Waals surface area (Å²) in [5.41, 5.74) is 0. The van der Waals surface area contributed by atoms with Crippen LogP contribution >= 0.6 is 0 Å². The Morgan fingerprint density at radius 2 is 2.33 bits per heavy atom. The Labute approximate surface area is 62.2 Å². The molecule has 1 saturated carbocycles. The third-order valence-corrected chi connectivity index (χ3v) is 3.92. The Balaban J connectivity index is 2.21. The molecule has 0 aromatic heterocycles. The first-order valence-electron chi connectivity index (χ1n) is 3.17. The van der Waals surface area contributed by atoms with E-state index in [-0.39, 0.29) is 9.45 Å². The first kappa shape index (κ1) is 5.81. The zero-order valence-electron chi connectivity index (χ0n) is 5.04. The van der Waals surface area contributed by atoms with Crippen LogP contribution in [0.4, 0.5) is 0 Å². The third-order valence-electron chi connectivity index (χ3n) is 1.67. The van der Waals surface area contributed by atoms with Gasteiger partial charge in [-0.05, 0) is 40.3 Å². The summed E-state index contributed by atoms with van der Waals surface area (Å²) in [6.07, 6.45) is 7.07. The zero-order chi connectivity index (χ0) is 6.27. The summed E-state index contributed by atoms with van der Waals surface area (Å²) in [6, 6.07) is 0. The van der Waals surface area contributed by atoms with Gasteiger partial charge in [-0.1, -0.05) is 21.6 Å². The molecular weight excluding hydrogens is 148 g/mol. The van der Waals surface area contributed by atoms with Crippen LogP contribution in [0.5, 0.6) is 0 Å². The van der Waals surface area contributed by atoms with E-state index in [1.807, 2.05) is 0 Å². The van der Waals surface area contributed by atoms with E-state index in [2.05, 4.69) is 17.6 Å². The van der Waals surface area contributed by atoms with Gasteiger partial charge >= 0.3 is 0 Å². The molecular formula is C7H8S2. The highest BCUT2D eigenvalue weighted by atomic mass is 32.8. The van der Waals surface area contributed by atoms with Crippen LogP contribution in [-0.2, 0) is 20.6 Å². The SMILES string of the molecule is S=S1C=CC=C1C1CC1. The van der Waals surface area contributed by atoms with Gasteiger partial charge in [0.2, 0.25) is 0 Å². The molecule has 0 aromatic carbocycles. The van der Waals surface area contributed by atoms with Crippen LogP contribution in [0, 0.1) is 5.92 Å². The highest BCUT2D eigenvalue weighted by molar-refractivity contribution is 8.32. The average Bonchev–Trinajstić information content (AvgIpc) is 2.58. The van der Waals surface area contributed by atoms with E-state index in [1.54, 1.807) is 0 Å². The fraction of sp³-hybridized carbons (Fsp3) is 0.429. The van der Waals surface area contributed by atoms with Crippen molar-refractivity contribution in [1.29, 1.82) is 0 Å². The molecule has 0 nitrogen and oxygen atoms in total. The van der Waals surface area contributed by atoms with Crippen LogP contribution in [0.3, 0.4) is 0 Å². The summed E-state index contributed by atoms with van der Waals surface area (Å²) in [4.78, 5) is 1.52. The lowest BCUT2D eigenvalue weighted by atomic mass is 10.3. The van der Waals surface area contributed by atoms with Crippen molar-refractivity contribution in [2.45, 2.75) is 12.8 Å². The van der Waals surface area contributed by atoms with Gasteiger partial charge in [0.25, 0.3) is 0 Å². The molecule has 1 aliphatic heterocycles.